The first-order chi connectivity index (χ1) is 13.1. The Morgan fingerprint density at radius 2 is 2.00 bits per heavy atom. The van der Waals surface area contributed by atoms with Gasteiger partial charge in [-0.1, -0.05) is 42.6 Å². The molecule has 3 fully saturated rings. The zero-order chi connectivity index (χ0) is 18.8. The highest BCUT2D eigenvalue weighted by Gasteiger charge is 2.41. The Morgan fingerprint density at radius 3 is 2.71 bits per heavy atom. The van der Waals surface area contributed by atoms with E-state index in [0.29, 0.717) is 23.5 Å². The highest BCUT2D eigenvalue weighted by Crippen LogP contribution is 2.38. The van der Waals surface area contributed by atoms with Gasteiger partial charge in [0.15, 0.2) is 5.17 Å². The first-order valence-corrected chi connectivity index (χ1v) is 11.2. The summed E-state index contributed by atoms with van der Waals surface area (Å²) in [6.45, 7) is 0. The molecule has 0 spiro atoms. The summed E-state index contributed by atoms with van der Waals surface area (Å²) < 4.78 is 13.9. The number of nitrogens with zero attached hydrogens (tertiary/aromatic N) is 2. The van der Waals surface area contributed by atoms with Crippen LogP contribution in [-0.2, 0) is 4.79 Å². The largest absolute Gasteiger partial charge is 0.344 e. The first-order valence-electron chi connectivity index (χ1n) is 9.84. The van der Waals surface area contributed by atoms with E-state index in [0.717, 1.165) is 10.9 Å². The van der Waals surface area contributed by atoms with Crippen LogP contribution in [0, 0.1) is 5.82 Å². The van der Waals surface area contributed by atoms with Gasteiger partial charge in [0.25, 0.3) is 0 Å². The second kappa shape index (κ2) is 9.68. The highest BCUT2D eigenvalue weighted by molar-refractivity contribution is 8.14. The van der Waals surface area contributed by atoms with Crippen LogP contribution in [0.2, 0.25) is 5.02 Å². The third kappa shape index (κ3) is 5.33. The lowest BCUT2D eigenvalue weighted by atomic mass is 9.96. The highest BCUT2D eigenvalue weighted by atomic mass is 35.5. The molecule has 4 nitrogen and oxygen atoms in total. The Bertz CT molecular complexity index is 738. The monoisotopic (exact) mass is 445 g/mol. The number of anilines is 1. The molecule has 154 valence electrons. The van der Waals surface area contributed by atoms with Gasteiger partial charge in [-0.05, 0) is 43.9 Å². The molecule has 3 aliphatic rings. The van der Waals surface area contributed by atoms with Crippen molar-refractivity contribution in [3.05, 3.63) is 29.0 Å². The van der Waals surface area contributed by atoms with Crippen molar-refractivity contribution >= 4 is 52.5 Å². The smallest absolute Gasteiger partial charge is 0.226 e. The second-order valence-electron chi connectivity index (χ2n) is 7.68. The number of rotatable bonds is 5. The van der Waals surface area contributed by atoms with E-state index in [4.69, 9.17) is 16.6 Å². The van der Waals surface area contributed by atoms with E-state index in [-0.39, 0.29) is 30.0 Å². The van der Waals surface area contributed by atoms with Gasteiger partial charge in [-0.3, -0.25) is 9.79 Å². The zero-order valence-electron chi connectivity index (χ0n) is 15.7. The Balaban J connectivity index is 0.00000225. The average Bonchev–Trinajstić information content (AvgIpc) is 3.42. The number of amidine groups is 1. The molecule has 1 unspecified atom stereocenters. The van der Waals surface area contributed by atoms with E-state index >= 15 is 0 Å². The van der Waals surface area contributed by atoms with Crippen LogP contribution in [0.3, 0.4) is 0 Å². The maximum Gasteiger partial charge on any atom is 0.226 e. The number of carbonyl (C=O) groups excluding carboxylic acids is 1. The quantitative estimate of drug-likeness (QED) is 0.650. The summed E-state index contributed by atoms with van der Waals surface area (Å²) in [5, 5.41) is 4.21. The van der Waals surface area contributed by atoms with Crippen molar-refractivity contribution in [2.75, 3.05) is 11.1 Å². The summed E-state index contributed by atoms with van der Waals surface area (Å²) in [7, 11) is 0. The minimum absolute atomic E-state index is 0. The number of halogens is 3. The van der Waals surface area contributed by atoms with Gasteiger partial charge in [0.1, 0.15) is 5.82 Å². The number of thioether (sulfide) groups is 1. The second-order valence-corrected chi connectivity index (χ2v) is 9.11. The molecule has 1 N–H and O–H groups in total. The third-order valence-corrected chi connectivity index (χ3v) is 6.81. The van der Waals surface area contributed by atoms with Crippen LogP contribution in [0.15, 0.2) is 23.2 Å². The molecular formula is C20H26Cl2FN3OS. The van der Waals surface area contributed by atoms with Crippen molar-refractivity contribution in [2.45, 2.75) is 69.5 Å². The van der Waals surface area contributed by atoms with Crippen molar-refractivity contribution in [3.8, 4) is 0 Å². The number of hydrogen-bond acceptors (Lipinski definition) is 3. The van der Waals surface area contributed by atoms with Crippen molar-refractivity contribution in [2.24, 2.45) is 4.99 Å². The summed E-state index contributed by atoms with van der Waals surface area (Å²) in [6, 6.07) is 5.29. The Morgan fingerprint density at radius 1 is 1.25 bits per heavy atom. The zero-order valence-corrected chi connectivity index (χ0v) is 18.1. The number of hydrogen-bond donors (Lipinski definition) is 1. The van der Waals surface area contributed by atoms with E-state index in [1.54, 1.807) is 11.8 Å². The Labute approximate surface area is 181 Å². The predicted molar refractivity (Wildman–Crippen MR) is 117 cm³/mol. The fourth-order valence-electron chi connectivity index (χ4n) is 3.92. The molecule has 1 atom stereocenters. The molecule has 0 radical (unpaired) electrons. The van der Waals surface area contributed by atoms with Gasteiger partial charge < -0.3 is 10.2 Å². The molecule has 1 amide bonds. The van der Waals surface area contributed by atoms with Gasteiger partial charge in [-0.2, -0.15) is 0 Å². The molecule has 2 aliphatic carbocycles. The number of aliphatic imine (C=N–C) groups is 1. The molecule has 2 saturated carbocycles. The number of nitrogens with one attached hydrogen (secondary N) is 1. The van der Waals surface area contributed by atoms with Crippen LogP contribution >= 0.6 is 35.8 Å². The first kappa shape index (κ1) is 21.7. The van der Waals surface area contributed by atoms with Gasteiger partial charge in [0.2, 0.25) is 5.91 Å². The van der Waals surface area contributed by atoms with Gasteiger partial charge in [-0.25, -0.2) is 4.39 Å². The minimum atomic E-state index is -0.466. The molecule has 1 heterocycles. The third-order valence-electron chi connectivity index (χ3n) is 5.45. The van der Waals surface area contributed by atoms with Crippen molar-refractivity contribution < 1.29 is 9.18 Å². The lowest BCUT2D eigenvalue weighted by Gasteiger charge is -2.27. The summed E-state index contributed by atoms with van der Waals surface area (Å²) in [6.07, 6.45) is 8.92. The summed E-state index contributed by atoms with van der Waals surface area (Å²) in [5.74, 6) is 0.228. The lowest BCUT2D eigenvalue weighted by Crippen LogP contribution is -2.39. The standard InChI is InChI=1S/C20H25ClFN3OS.ClH/c21-13-6-9-17(22)18(10-13)24-19(26)11-16-12-27-20(25(16)15-7-8-15)23-14-4-2-1-3-5-14;/h6,9-10,14-16H,1-5,7-8,11-12H2,(H,24,26);1H/b23-20-;. The molecule has 28 heavy (non-hydrogen) atoms. The van der Waals surface area contributed by atoms with Gasteiger partial charge in [0.05, 0.1) is 11.7 Å². The topological polar surface area (TPSA) is 44.7 Å². The molecular weight excluding hydrogens is 420 g/mol. The molecule has 0 aromatic heterocycles. The molecule has 1 aliphatic heterocycles. The molecule has 1 aromatic rings. The molecule has 8 heteroatoms. The number of carbonyl (C=O) groups is 1. The summed E-state index contributed by atoms with van der Waals surface area (Å²) >= 11 is 7.69. The predicted octanol–water partition coefficient (Wildman–Crippen LogP) is 5.50. The van der Waals surface area contributed by atoms with E-state index in [1.165, 1.54) is 63.1 Å². The van der Waals surface area contributed by atoms with Crippen LogP contribution < -0.4 is 5.32 Å². The van der Waals surface area contributed by atoms with Crippen molar-refractivity contribution in [1.29, 1.82) is 0 Å². The molecule has 0 bridgehead atoms. The minimum Gasteiger partial charge on any atom is -0.344 e. The maximum absolute atomic E-state index is 13.9. The normalized spacial score (nSPS) is 24.3. The van der Waals surface area contributed by atoms with Crippen LogP contribution in [-0.4, -0.2) is 39.9 Å². The van der Waals surface area contributed by atoms with Gasteiger partial charge >= 0.3 is 0 Å². The van der Waals surface area contributed by atoms with Crippen molar-refractivity contribution in [3.63, 3.8) is 0 Å². The number of benzene rings is 1. The Kier molecular flexibility index (Phi) is 7.51. The van der Waals surface area contributed by atoms with E-state index < -0.39 is 5.82 Å². The van der Waals surface area contributed by atoms with Crippen LogP contribution in [0.25, 0.3) is 0 Å². The fourth-order valence-corrected chi connectivity index (χ4v) is 5.39. The van der Waals surface area contributed by atoms with E-state index in [1.807, 2.05) is 0 Å². The number of amides is 1. The van der Waals surface area contributed by atoms with E-state index in [2.05, 4.69) is 10.2 Å². The van der Waals surface area contributed by atoms with E-state index in [9.17, 15) is 9.18 Å². The van der Waals surface area contributed by atoms with Crippen LogP contribution in [0.5, 0.6) is 0 Å². The van der Waals surface area contributed by atoms with Gasteiger partial charge in [-0.15, -0.1) is 12.4 Å². The summed E-state index contributed by atoms with van der Waals surface area (Å²) in [5.41, 5.74) is 0.146. The lowest BCUT2D eigenvalue weighted by molar-refractivity contribution is -0.116. The van der Waals surface area contributed by atoms with Crippen LogP contribution in [0.4, 0.5) is 10.1 Å². The fraction of sp³-hybridized carbons (Fsp3) is 0.600. The molecule has 1 aromatic carbocycles. The van der Waals surface area contributed by atoms with Gasteiger partial charge in [0, 0.05) is 29.3 Å². The Hall–Kier alpha value is -0.980. The van der Waals surface area contributed by atoms with Crippen LogP contribution in [0.1, 0.15) is 51.4 Å². The molecule has 4 rings (SSSR count). The SMILES string of the molecule is Cl.O=C(CC1CS/C(=N\C2CCCCC2)N1C1CC1)Nc1cc(Cl)ccc1F. The average molecular weight is 446 g/mol. The maximum atomic E-state index is 13.9. The van der Waals surface area contributed by atoms with Crippen molar-refractivity contribution in [1.82, 2.24) is 4.90 Å². The molecule has 1 saturated heterocycles. The summed E-state index contributed by atoms with van der Waals surface area (Å²) in [4.78, 5) is 19.9.